The SMILES string of the molecule is NC(CO)c1cccc2cc(Cl)oc12. The van der Waals surface area contributed by atoms with Crippen molar-refractivity contribution in [3.8, 4) is 0 Å². The quantitative estimate of drug-likeness (QED) is 0.800. The van der Waals surface area contributed by atoms with Crippen molar-refractivity contribution < 1.29 is 9.52 Å². The van der Waals surface area contributed by atoms with Crippen molar-refractivity contribution in [1.29, 1.82) is 0 Å². The van der Waals surface area contributed by atoms with E-state index in [1.165, 1.54) is 0 Å². The molecule has 2 aromatic rings. The summed E-state index contributed by atoms with van der Waals surface area (Å²) >= 11 is 5.73. The summed E-state index contributed by atoms with van der Waals surface area (Å²) in [6.07, 6.45) is 0. The van der Waals surface area contributed by atoms with E-state index in [0.29, 0.717) is 10.8 Å². The fourth-order valence-electron chi connectivity index (χ4n) is 1.44. The molecule has 74 valence electrons. The molecule has 0 bridgehead atoms. The lowest BCUT2D eigenvalue weighted by molar-refractivity contribution is 0.268. The first-order valence-electron chi connectivity index (χ1n) is 4.27. The number of furan rings is 1. The highest BCUT2D eigenvalue weighted by Crippen LogP contribution is 2.28. The lowest BCUT2D eigenvalue weighted by Crippen LogP contribution is -2.14. The molecular weight excluding hydrogens is 202 g/mol. The lowest BCUT2D eigenvalue weighted by Gasteiger charge is -2.07. The van der Waals surface area contributed by atoms with Gasteiger partial charge in [0.05, 0.1) is 12.6 Å². The van der Waals surface area contributed by atoms with Gasteiger partial charge in [-0.2, -0.15) is 0 Å². The zero-order valence-corrected chi connectivity index (χ0v) is 8.16. The van der Waals surface area contributed by atoms with Crippen LogP contribution < -0.4 is 5.73 Å². The van der Waals surface area contributed by atoms with Gasteiger partial charge in [-0.1, -0.05) is 18.2 Å². The first kappa shape index (κ1) is 9.52. The number of aliphatic hydroxyl groups excluding tert-OH is 1. The molecule has 0 fully saturated rings. The van der Waals surface area contributed by atoms with E-state index < -0.39 is 6.04 Å². The van der Waals surface area contributed by atoms with Gasteiger partial charge in [0, 0.05) is 17.0 Å². The number of nitrogens with two attached hydrogens (primary N) is 1. The normalized spacial score (nSPS) is 13.4. The number of rotatable bonds is 2. The minimum atomic E-state index is -0.430. The second-order valence-electron chi connectivity index (χ2n) is 3.11. The molecule has 0 radical (unpaired) electrons. The molecule has 0 aliphatic rings. The van der Waals surface area contributed by atoms with Crippen molar-refractivity contribution in [3.05, 3.63) is 35.0 Å². The van der Waals surface area contributed by atoms with E-state index in [1.54, 1.807) is 6.07 Å². The van der Waals surface area contributed by atoms with Gasteiger partial charge < -0.3 is 15.3 Å². The highest BCUT2D eigenvalue weighted by atomic mass is 35.5. The predicted molar refractivity (Wildman–Crippen MR) is 55.2 cm³/mol. The number of halogens is 1. The Morgan fingerprint density at radius 2 is 2.29 bits per heavy atom. The van der Waals surface area contributed by atoms with Crippen LogP contribution in [0, 0.1) is 0 Å². The summed E-state index contributed by atoms with van der Waals surface area (Å²) in [5, 5.41) is 10.2. The van der Waals surface area contributed by atoms with Crippen molar-refractivity contribution in [2.24, 2.45) is 5.73 Å². The second-order valence-corrected chi connectivity index (χ2v) is 3.48. The molecular formula is C10H10ClNO2. The molecule has 1 aromatic carbocycles. The Labute approximate surface area is 86.1 Å². The van der Waals surface area contributed by atoms with Gasteiger partial charge in [0.25, 0.3) is 0 Å². The molecule has 0 spiro atoms. The summed E-state index contributed by atoms with van der Waals surface area (Å²) < 4.78 is 5.30. The molecule has 1 heterocycles. The van der Waals surface area contributed by atoms with E-state index in [0.717, 1.165) is 10.9 Å². The summed E-state index contributed by atoms with van der Waals surface area (Å²) in [7, 11) is 0. The first-order valence-corrected chi connectivity index (χ1v) is 4.64. The molecule has 0 aliphatic heterocycles. The molecule has 2 rings (SSSR count). The summed E-state index contributed by atoms with van der Waals surface area (Å²) in [5.74, 6) is 0. The van der Waals surface area contributed by atoms with Gasteiger partial charge in [-0.3, -0.25) is 0 Å². The van der Waals surface area contributed by atoms with E-state index in [9.17, 15) is 0 Å². The summed E-state index contributed by atoms with van der Waals surface area (Å²) in [5.41, 5.74) is 7.14. The van der Waals surface area contributed by atoms with Crippen LogP contribution in [0.2, 0.25) is 5.22 Å². The van der Waals surface area contributed by atoms with Crippen LogP contribution in [0.15, 0.2) is 28.7 Å². The number of benzene rings is 1. The largest absolute Gasteiger partial charge is 0.444 e. The van der Waals surface area contributed by atoms with Crippen LogP contribution in [0.5, 0.6) is 0 Å². The van der Waals surface area contributed by atoms with Gasteiger partial charge in [0.1, 0.15) is 5.58 Å². The Morgan fingerprint density at radius 1 is 1.50 bits per heavy atom. The number of hydrogen-bond acceptors (Lipinski definition) is 3. The van der Waals surface area contributed by atoms with E-state index in [4.69, 9.17) is 26.9 Å². The Kier molecular flexibility index (Phi) is 2.46. The standard InChI is InChI=1S/C10H10ClNO2/c11-9-4-6-2-1-3-7(8(12)5-13)10(6)14-9/h1-4,8,13H,5,12H2. The lowest BCUT2D eigenvalue weighted by atomic mass is 10.1. The van der Waals surface area contributed by atoms with Crippen LogP contribution in [0.4, 0.5) is 0 Å². The molecule has 1 aromatic heterocycles. The van der Waals surface area contributed by atoms with Gasteiger partial charge in [-0.15, -0.1) is 0 Å². The van der Waals surface area contributed by atoms with Crippen molar-refractivity contribution >= 4 is 22.6 Å². The Hall–Kier alpha value is -1.03. The van der Waals surface area contributed by atoms with E-state index in [-0.39, 0.29) is 6.61 Å². The zero-order chi connectivity index (χ0) is 10.1. The number of fused-ring (bicyclic) bond motifs is 1. The smallest absolute Gasteiger partial charge is 0.194 e. The number of hydrogen-bond donors (Lipinski definition) is 2. The zero-order valence-electron chi connectivity index (χ0n) is 7.40. The average Bonchev–Trinajstić information content (AvgIpc) is 2.56. The van der Waals surface area contributed by atoms with Gasteiger partial charge in [-0.25, -0.2) is 0 Å². The summed E-state index contributed by atoms with van der Waals surface area (Å²) in [4.78, 5) is 0. The summed E-state index contributed by atoms with van der Waals surface area (Å²) in [6, 6.07) is 6.87. The van der Waals surface area contributed by atoms with Crippen LogP contribution >= 0.6 is 11.6 Å². The van der Waals surface area contributed by atoms with Crippen molar-refractivity contribution in [2.45, 2.75) is 6.04 Å². The van der Waals surface area contributed by atoms with Gasteiger partial charge in [-0.05, 0) is 11.6 Å². The maximum absolute atomic E-state index is 8.95. The van der Waals surface area contributed by atoms with Gasteiger partial charge in [0.2, 0.25) is 0 Å². The average molecular weight is 212 g/mol. The third-order valence-electron chi connectivity index (χ3n) is 2.14. The fraction of sp³-hybridized carbons (Fsp3) is 0.200. The molecule has 0 amide bonds. The molecule has 0 saturated carbocycles. The molecule has 1 atom stereocenters. The summed E-state index contributed by atoms with van der Waals surface area (Å²) in [6.45, 7) is -0.114. The highest BCUT2D eigenvalue weighted by Gasteiger charge is 2.12. The Bertz CT molecular complexity index is 452. The highest BCUT2D eigenvalue weighted by molar-refractivity contribution is 6.29. The van der Waals surface area contributed by atoms with E-state index >= 15 is 0 Å². The van der Waals surface area contributed by atoms with E-state index in [2.05, 4.69) is 0 Å². The number of aliphatic hydroxyl groups is 1. The fourth-order valence-corrected chi connectivity index (χ4v) is 1.64. The van der Waals surface area contributed by atoms with Crippen molar-refractivity contribution in [1.82, 2.24) is 0 Å². The minimum absolute atomic E-state index is 0.114. The third-order valence-corrected chi connectivity index (χ3v) is 2.33. The molecule has 4 heteroatoms. The third kappa shape index (κ3) is 1.50. The topological polar surface area (TPSA) is 59.4 Å². The number of para-hydroxylation sites is 1. The minimum Gasteiger partial charge on any atom is -0.444 e. The maximum Gasteiger partial charge on any atom is 0.194 e. The van der Waals surface area contributed by atoms with Crippen LogP contribution in [-0.4, -0.2) is 11.7 Å². The van der Waals surface area contributed by atoms with Crippen LogP contribution in [0.1, 0.15) is 11.6 Å². The molecule has 3 N–H and O–H groups in total. The van der Waals surface area contributed by atoms with Crippen LogP contribution in [0.25, 0.3) is 11.0 Å². The van der Waals surface area contributed by atoms with Crippen LogP contribution in [-0.2, 0) is 0 Å². The molecule has 14 heavy (non-hydrogen) atoms. The second kappa shape index (κ2) is 3.61. The molecule has 3 nitrogen and oxygen atoms in total. The molecule has 0 aliphatic carbocycles. The van der Waals surface area contributed by atoms with Gasteiger partial charge in [0.15, 0.2) is 5.22 Å². The first-order chi connectivity index (χ1) is 6.72. The molecule has 0 saturated heterocycles. The van der Waals surface area contributed by atoms with Crippen molar-refractivity contribution in [2.75, 3.05) is 6.61 Å². The molecule has 1 unspecified atom stereocenters. The van der Waals surface area contributed by atoms with Crippen LogP contribution in [0.3, 0.4) is 0 Å². The van der Waals surface area contributed by atoms with Gasteiger partial charge >= 0.3 is 0 Å². The maximum atomic E-state index is 8.95. The van der Waals surface area contributed by atoms with Crippen molar-refractivity contribution in [3.63, 3.8) is 0 Å². The Balaban J connectivity index is 2.64. The predicted octanol–water partition coefficient (Wildman–Crippen LogP) is 2.08. The Morgan fingerprint density at radius 3 is 3.00 bits per heavy atom. The monoisotopic (exact) mass is 211 g/mol. The van der Waals surface area contributed by atoms with E-state index in [1.807, 2.05) is 18.2 Å².